The van der Waals surface area contributed by atoms with Crippen LogP contribution in [0.3, 0.4) is 0 Å². The SMILES string of the molecule is Nc1sc(-c2ccccc2)cc1C(=O)N1CCCC1. The predicted octanol–water partition coefficient (Wildman–Crippen LogP) is 3.23. The molecular weight excluding hydrogens is 256 g/mol. The molecule has 2 aromatic rings. The number of hydrogen-bond acceptors (Lipinski definition) is 3. The summed E-state index contributed by atoms with van der Waals surface area (Å²) < 4.78 is 0. The second-order valence-electron chi connectivity index (χ2n) is 4.75. The molecule has 1 fully saturated rings. The van der Waals surface area contributed by atoms with E-state index >= 15 is 0 Å². The summed E-state index contributed by atoms with van der Waals surface area (Å²) in [5, 5.41) is 0.621. The number of nitrogen functional groups attached to an aromatic ring is 1. The summed E-state index contributed by atoms with van der Waals surface area (Å²) >= 11 is 1.48. The normalized spacial score (nSPS) is 14.8. The van der Waals surface area contributed by atoms with Crippen LogP contribution in [0.1, 0.15) is 23.2 Å². The molecule has 3 rings (SSSR count). The second-order valence-corrected chi connectivity index (χ2v) is 5.84. The molecule has 1 aromatic carbocycles. The average molecular weight is 272 g/mol. The van der Waals surface area contributed by atoms with Gasteiger partial charge in [-0.3, -0.25) is 4.79 Å². The number of hydrogen-bond donors (Lipinski definition) is 1. The van der Waals surface area contributed by atoms with Crippen molar-refractivity contribution in [3.63, 3.8) is 0 Å². The summed E-state index contributed by atoms with van der Waals surface area (Å²) in [6.45, 7) is 1.71. The van der Waals surface area contributed by atoms with Gasteiger partial charge in [-0.15, -0.1) is 11.3 Å². The lowest BCUT2D eigenvalue weighted by atomic mass is 10.1. The van der Waals surface area contributed by atoms with Gasteiger partial charge in [0.25, 0.3) is 5.91 Å². The highest BCUT2D eigenvalue weighted by molar-refractivity contribution is 7.19. The molecule has 1 aromatic heterocycles. The summed E-state index contributed by atoms with van der Waals surface area (Å²) in [6.07, 6.45) is 2.20. The molecule has 0 atom stereocenters. The molecule has 2 heterocycles. The van der Waals surface area contributed by atoms with E-state index in [0.29, 0.717) is 10.6 Å². The third-order valence-electron chi connectivity index (χ3n) is 3.44. The first kappa shape index (κ1) is 12.2. The van der Waals surface area contributed by atoms with Crippen molar-refractivity contribution in [3.8, 4) is 10.4 Å². The average Bonchev–Trinajstić information content (AvgIpc) is 3.08. The Morgan fingerprint density at radius 3 is 2.53 bits per heavy atom. The van der Waals surface area contributed by atoms with Crippen molar-refractivity contribution >= 4 is 22.2 Å². The molecule has 2 N–H and O–H groups in total. The predicted molar refractivity (Wildman–Crippen MR) is 79.3 cm³/mol. The third-order valence-corrected chi connectivity index (χ3v) is 4.46. The monoisotopic (exact) mass is 272 g/mol. The molecule has 1 aliphatic heterocycles. The highest BCUT2D eigenvalue weighted by atomic mass is 32.1. The molecule has 0 unspecified atom stereocenters. The van der Waals surface area contributed by atoms with E-state index in [0.717, 1.165) is 36.4 Å². The number of thiophene rings is 1. The van der Waals surface area contributed by atoms with Gasteiger partial charge in [-0.2, -0.15) is 0 Å². The van der Waals surface area contributed by atoms with Gasteiger partial charge in [0, 0.05) is 18.0 Å². The van der Waals surface area contributed by atoms with Crippen LogP contribution >= 0.6 is 11.3 Å². The van der Waals surface area contributed by atoms with Crippen LogP contribution in [0.2, 0.25) is 0 Å². The van der Waals surface area contributed by atoms with Gasteiger partial charge in [0.15, 0.2) is 0 Å². The van der Waals surface area contributed by atoms with Gasteiger partial charge in [0.2, 0.25) is 0 Å². The molecule has 0 spiro atoms. The number of anilines is 1. The lowest BCUT2D eigenvalue weighted by molar-refractivity contribution is 0.0794. The van der Waals surface area contributed by atoms with Crippen LogP contribution in [0.25, 0.3) is 10.4 Å². The van der Waals surface area contributed by atoms with Crippen molar-refractivity contribution in [2.75, 3.05) is 18.8 Å². The maximum Gasteiger partial charge on any atom is 0.256 e. The Morgan fingerprint density at radius 1 is 1.16 bits per heavy atom. The van der Waals surface area contributed by atoms with Crippen LogP contribution in [0.4, 0.5) is 5.00 Å². The van der Waals surface area contributed by atoms with Crippen molar-refractivity contribution in [3.05, 3.63) is 42.0 Å². The summed E-state index contributed by atoms with van der Waals surface area (Å²) in [5.74, 6) is 0.0773. The molecular formula is C15H16N2OS. The zero-order chi connectivity index (χ0) is 13.2. The molecule has 4 heteroatoms. The first-order chi connectivity index (χ1) is 9.25. The zero-order valence-electron chi connectivity index (χ0n) is 10.6. The Kier molecular flexibility index (Phi) is 3.25. The van der Waals surface area contributed by atoms with Crippen LogP contribution in [-0.4, -0.2) is 23.9 Å². The fourth-order valence-corrected chi connectivity index (χ4v) is 3.33. The number of carbonyl (C=O) groups is 1. The Balaban J connectivity index is 1.91. The Labute approximate surface area is 116 Å². The third kappa shape index (κ3) is 2.36. The number of amides is 1. The molecule has 1 saturated heterocycles. The van der Waals surface area contributed by atoms with Crippen molar-refractivity contribution < 1.29 is 4.79 Å². The lowest BCUT2D eigenvalue weighted by Crippen LogP contribution is -2.27. The fraction of sp³-hybridized carbons (Fsp3) is 0.267. The van der Waals surface area contributed by atoms with E-state index in [1.165, 1.54) is 11.3 Å². The maximum atomic E-state index is 12.4. The van der Waals surface area contributed by atoms with Crippen LogP contribution in [0, 0.1) is 0 Å². The van der Waals surface area contributed by atoms with Crippen molar-refractivity contribution in [1.82, 2.24) is 4.90 Å². The highest BCUT2D eigenvalue weighted by Gasteiger charge is 2.23. The smallest absolute Gasteiger partial charge is 0.256 e. The molecule has 0 bridgehead atoms. The molecule has 0 aliphatic carbocycles. The van der Waals surface area contributed by atoms with E-state index in [-0.39, 0.29) is 5.91 Å². The van der Waals surface area contributed by atoms with Crippen molar-refractivity contribution in [2.45, 2.75) is 12.8 Å². The van der Waals surface area contributed by atoms with Gasteiger partial charge in [0.05, 0.1) is 10.6 Å². The molecule has 1 aliphatic rings. The minimum atomic E-state index is 0.0773. The van der Waals surface area contributed by atoms with E-state index < -0.39 is 0 Å². The molecule has 0 saturated carbocycles. The Bertz CT molecular complexity index is 585. The summed E-state index contributed by atoms with van der Waals surface area (Å²) in [6, 6.07) is 12.0. The van der Waals surface area contributed by atoms with E-state index in [9.17, 15) is 4.79 Å². The van der Waals surface area contributed by atoms with Gasteiger partial charge < -0.3 is 10.6 Å². The molecule has 3 nitrogen and oxygen atoms in total. The van der Waals surface area contributed by atoms with E-state index in [4.69, 9.17) is 5.73 Å². The van der Waals surface area contributed by atoms with Crippen LogP contribution < -0.4 is 5.73 Å². The second kappa shape index (κ2) is 5.05. The first-order valence-electron chi connectivity index (χ1n) is 6.50. The summed E-state index contributed by atoms with van der Waals surface area (Å²) in [5.41, 5.74) is 7.79. The van der Waals surface area contributed by atoms with Crippen molar-refractivity contribution in [2.24, 2.45) is 0 Å². The van der Waals surface area contributed by atoms with Crippen LogP contribution in [-0.2, 0) is 0 Å². The van der Waals surface area contributed by atoms with Crippen LogP contribution in [0.5, 0.6) is 0 Å². The van der Waals surface area contributed by atoms with E-state index in [2.05, 4.69) is 0 Å². The summed E-state index contributed by atoms with van der Waals surface area (Å²) in [4.78, 5) is 15.3. The first-order valence-corrected chi connectivity index (χ1v) is 7.31. The molecule has 98 valence electrons. The Morgan fingerprint density at radius 2 is 1.84 bits per heavy atom. The van der Waals surface area contributed by atoms with Gasteiger partial charge in [-0.1, -0.05) is 30.3 Å². The van der Waals surface area contributed by atoms with Gasteiger partial charge in [0.1, 0.15) is 0 Å². The molecule has 19 heavy (non-hydrogen) atoms. The standard InChI is InChI=1S/C15H16N2OS/c16-14-12(15(18)17-8-4-5-9-17)10-13(19-14)11-6-2-1-3-7-11/h1-3,6-7,10H,4-5,8-9,16H2. The number of likely N-dealkylation sites (tertiary alicyclic amines) is 1. The largest absolute Gasteiger partial charge is 0.390 e. The highest BCUT2D eigenvalue weighted by Crippen LogP contribution is 2.34. The topological polar surface area (TPSA) is 46.3 Å². The van der Waals surface area contributed by atoms with Crippen molar-refractivity contribution in [1.29, 1.82) is 0 Å². The van der Waals surface area contributed by atoms with E-state index in [1.807, 2.05) is 41.3 Å². The minimum Gasteiger partial charge on any atom is -0.390 e. The number of nitrogens with zero attached hydrogens (tertiary/aromatic N) is 1. The number of benzene rings is 1. The molecule has 1 amide bonds. The van der Waals surface area contributed by atoms with E-state index in [1.54, 1.807) is 0 Å². The minimum absolute atomic E-state index is 0.0773. The molecule has 0 radical (unpaired) electrons. The number of rotatable bonds is 2. The quantitative estimate of drug-likeness (QED) is 0.912. The lowest BCUT2D eigenvalue weighted by Gasteiger charge is -2.14. The summed E-state index contributed by atoms with van der Waals surface area (Å²) in [7, 11) is 0. The van der Waals surface area contributed by atoms with Gasteiger partial charge in [-0.25, -0.2) is 0 Å². The number of nitrogens with two attached hydrogens (primary N) is 1. The van der Waals surface area contributed by atoms with Gasteiger partial charge in [-0.05, 0) is 24.5 Å². The number of carbonyl (C=O) groups excluding carboxylic acids is 1. The maximum absolute atomic E-state index is 12.4. The fourth-order valence-electron chi connectivity index (χ4n) is 2.41. The zero-order valence-corrected chi connectivity index (χ0v) is 11.5. The van der Waals surface area contributed by atoms with Crippen LogP contribution in [0.15, 0.2) is 36.4 Å². The Hall–Kier alpha value is -1.81. The van der Waals surface area contributed by atoms with Gasteiger partial charge >= 0.3 is 0 Å².